The van der Waals surface area contributed by atoms with Crippen LogP contribution in [0.3, 0.4) is 0 Å². The number of hydrogen-bond acceptors (Lipinski definition) is 4. The maximum atomic E-state index is 12.2. The minimum absolute atomic E-state index is 0.000732. The third-order valence-electron chi connectivity index (χ3n) is 4.87. The molecular weight excluding hydrogens is 340 g/mol. The van der Waals surface area contributed by atoms with Crippen LogP contribution >= 0.6 is 0 Å². The van der Waals surface area contributed by atoms with E-state index in [1.165, 1.54) is 11.1 Å². The molecule has 1 N–H and O–H groups in total. The average Bonchev–Trinajstić information content (AvgIpc) is 2.66. The number of benzene rings is 2. The minimum Gasteiger partial charge on any atom is -0.483 e. The second kappa shape index (κ2) is 9.02. The first-order chi connectivity index (χ1) is 13.0. The van der Waals surface area contributed by atoms with Crippen LogP contribution in [0.1, 0.15) is 22.3 Å². The lowest BCUT2D eigenvalue weighted by Crippen LogP contribution is -2.35. The Balaban J connectivity index is 1.50. The van der Waals surface area contributed by atoms with E-state index in [1.54, 1.807) is 0 Å². The summed E-state index contributed by atoms with van der Waals surface area (Å²) >= 11 is 0. The molecule has 1 heterocycles. The first-order valence-corrected chi connectivity index (χ1v) is 9.41. The van der Waals surface area contributed by atoms with Gasteiger partial charge in [-0.25, -0.2) is 0 Å². The fraction of sp³-hybridized carbons (Fsp3) is 0.409. The molecule has 5 nitrogen and oxygen atoms in total. The van der Waals surface area contributed by atoms with Gasteiger partial charge in [-0.2, -0.15) is 0 Å². The van der Waals surface area contributed by atoms with Gasteiger partial charge in [-0.05, 0) is 61.2 Å². The predicted molar refractivity (Wildman–Crippen MR) is 107 cm³/mol. The maximum absolute atomic E-state index is 12.2. The van der Waals surface area contributed by atoms with Crippen molar-refractivity contribution in [1.82, 2.24) is 4.90 Å². The van der Waals surface area contributed by atoms with Gasteiger partial charge in [0.2, 0.25) is 0 Å². The van der Waals surface area contributed by atoms with Crippen LogP contribution < -0.4 is 10.1 Å². The summed E-state index contributed by atoms with van der Waals surface area (Å²) in [6.07, 6.45) is 0. The Morgan fingerprint density at radius 3 is 2.52 bits per heavy atom. The summed E-state index contributed by atoms with van der Waals surface area (Å²) in [5.41, 5.74) is 5.38. The largest absolute Gasteiger partial charge is 0.483 e. The summed E-state index contributed by atoms with van der Waals surface area (Å²) in [6.45, 7) is 10.5. The van der Waals surface area contributed by atoms with E-state index in [0.29, 0.717) is 0 Å². The number of hydrogen-bond donors (Lipinski definition) is 1. The van der Waals surface area contributed by atoms with Crippen LogP contribution in [0.5, 0.6) is 5.75 Å². The van der Waals surface area contributed by atoms with E-state index < -0.39 is 0 Å². The number of carbonyl (C=O) groups is 1. The number of nitrogens with one attached hydrogen (secondary N) is 1. The molecule has 27 heavy (non-hydrogen) atoms. The van der Waals surface area contributed by atoms with Crippen molar-refractivity contribution in [3.63, 3.8) is 0 Å². The molecule has 1 fully saturated rings. The zero-order valence-corrected chi connectivity index (χ0v) is 16.4. The van der Waals surface area contributed by atoms with E-state index in [9.17, 15) is 4.79 Å². The molecule has 1 aliphatic rings. The van der Waals surface area contributed by atoms with Gasteiger partial charge in [0.1, 0.15) is 5.75 Å². The Kier molecular flexibility index (Phi) is 6.48. The smallest absolute Gasteiger partial charge is 0.262 e. The second-order valence-corrected chi connectivity index (χ2v) is 7.13. The highest BCUT2D eigenvalue weighted by molar-refractivity contribution is 5.91. The monoisotopic (exact) mass is 368 g/mol. The van der Waals surface area contributed by atoms with Crippen LogP contribution in [-0.4, -0.2) is 43.7 Å². The standard InChI is InChI=1S/C22H28N2O3/c1-16-12-17(2)18(3)21(13-16)27-15-22(25)23-20-6-4-19(5-7-20)14-24-8-10-26-11-9-24/h4-7,12-13H,8-11,14-15H2,1-3H3,(H,23,25). The fourth-order valence-corrected chi connectivity index (χ4v) is 3.20. The van der Waals surface area contributed by atoms with Gasteiger partial charge in [0.05, 0.1) is 13.2 Å². The molecule has 0 unspecified atom stereocenters. The Labute approximate surface area is 161 Å². The number of anilines is 1. The Bertz CT molecular complexity index is 781. The molecule has 2 aromatic rings. The van der Waals surface area contributed by atoms with Gasteiger partial charge in [-0.3, -0.25) is 9.69 Å². The number of ether oxygens (including phenoxy) is 2. The van der Waals surface area contributed by atoms with Gasteiger partial charge >= 0.3 is 0 Å². The number of aryl methyl sites for hydroxylation is 2. The maximum Gasteiger partial charge on any atom is 0.262 e. The molecular formula is C22H28N2O3. The molecule has 144 valence electrons. The summed E-state index contributed by atoms with van der Waals surface area (Å²) < 4.78 is 11.1. The Morgan fingerprint density at radius 2 is 1.81 bits per heavy atom. The molecule has 0 bridgehead atoms. The van der Waals surface area contributed by atoms with E-state index in [4.69, 9.17) is 9.47 Å². The molecule has 0 atom stereocenters. The summed E-state index contributed by atoms with van der Waals surface area (Å²) in [5, 5.41) is 2.89. The third-order valence-corrected chi connectivity index (χ3v) is 4.87. The molecule has 0 saturated carbocycles. The van der Waals surface area contributed by atoms with Gasteiger partial charge in [0.15, 0.2) is 6.61 Å². The highest BCUT2D eigenvalue weighted by Crippen LogP contribution is 2.23. The zero-order chi connectivity index (χ0) is 19.2. The summed E-state index contributed by atoms with van der Waals surface area (Å²) in [7, 11) is 0. The summed E-state index contributed by atoms with van der Waals surface area (Å²) in [5.74, 6) is 0.609. The van der Waals surface area contributed by atoms with Crippen LogP contribution in [0.15, 0.2) is 36.4 Å². The Hall–Kier alpha value is -2.37. The van der Waals surface area contributed by atoms with Gasteiger partial charge in [-0.1, -0.05) is 18.2 Å². The van der Waals surface area contributed by atoms with E-state index in [0.717, 1.165) is 55.4 Å². The topological polar surface area (TPSA) is 50.8 Å². The molecule has 0 spiro atoms. The quantitative estimate of drug-likeness (QED) is 0.848. The lowest BCUT2D eigenvalue weighted by molar-refractivity contribution is -0.118. The van der Waals surface area contributed by atoms with Gasteiger partial charge in [-0.15, -0.1) is 0 Å². The van der Waals surface area contributed by atoms with Crippen molar-refractivity contribution in [3.05, 3.63) is 58.7 Å². The number of morpholine rings is 1. The van der Waals surface area contributed by atoms with Crippen molar-refractivity contribution in [2.45, 2.75) is 27.3 Å². The highest BCUT2D eigenvalue weighted by atomic mass is 16.5. The van der Waals surface area contributed by atoms with E-state index in [-0.39, 0.29) is 12.5 Å². The minimum atomic E-state index is -0.158. The number of carbonyl (C=O) groups excluding carboxylic acids is 1. The second-order valence-electron chi connectivity index (χ2n) is 7.13. The molecule has 1 aliphatic heterocycles. The predicted octanol–water partition coefficient (Wildman–Crippen LogP) is 3.46. The van der Waals surface area contributed by atoms with Crippen molar-refractivity contribution in [2.24, 2.45) is 0 Å². The van der Waals surface area contributed by atoms with Crippen molar-refractivity contribution < 1.29 is 14.3 Å². The van der Waals surface area contributed by atoms with Crippen LogP contribution in [-0.2, 0) is 16.1 Å². The molecule has 2 aromatic carbocycles. The van der Waals surface area contributed by atoms with Crippen LogP contribution in [0.4, 0.5) is 5.69 Å². The van der Waals surface area contributed by atoms with Crippen molar-refractivity contribution in [3.8, 4) is 5.75 Å². The molecule has 1 amide bonds. The highest BCUT2D eigenvalue weighted by Gasteiger charge is 2.11. The lowest BCUT2D eigenvalue weighted by Gasteiger charge is -2.26. The molecule has 5 heteroatoms. The Morgan fingerprint density at radius 1 is 1.11 bits per heavy atom. The van der Waals surface area contributed by atoms with E-state index >= 15 is 0 Å². The van der Waals surface area contributed by atoms with Gasteiger partial charge < -0.3 is 14.8 Å². The van der Waals surface area contributed by atoms with Gasteiger partial charge in [0, 0.05) is 25.3 Å². The zero-order valence-electron chi connectivity index (χ0n) is 16.4. The van der Waals surface area contributed by atoms with Crippen molar-refractivity contribution in [2.75, 3.05) is 38.2 Å². The van der Waals surface area contributed by atoms with Crippen molar-refractivity contribution in [1.29, 1.82) is 0 Å². The molecule has 0 aromatic heterocycles. The normalized spacial score (nSPS) is 14.8. The summed E-state index contributed by atoms with van der Waals surface area (Å²) in [6, 6.07) is 12.1. The molecule has 0 aliphatic carbocycles. The molecule has 0 radical (unpaired) electrons. The van der Waals surface area contributed by atoms with E-state index in [2.05, 4.69) is 28.4 Å². The van der Waals surface area contributed by atoms with E-state index in [1.807, 2.05) is 39.0 Å². The van der Waals surface area contributed by atoms with Gasteiger partial charge in [0.25, 0.3) is 5.91 Å². The SMILES string of the molecule is Cc1cc(C)c(C)c(OCC(=O)Nc2ccc(CN3CCOCC3)cc2)c1. The average molecular weight is 368 g/mol. The summed E-state index contributed by atoms with van der Waals surface area (Å²) in [4.78, 5) is 14.6. The first-order valence-electron chi connectivity index (χ1n) is 9.41. The number of rotatable bonds is 6. The fourth-order valence-electron chi connectivity index (χ4n) is 3.20. The first kappa shape index (κ1) is 19.4. The van der Waals surface area contributed by atoms with Crippen LogP contribution in [0, 0.1) is 20.8 Å². The van der Waals surface area contributed by atoms with Crippen LogP contribution in [0.2, 0.25) is 0 Å². The number of amides is 1. The number of nitrogens with zero attached hydrogens (tertiary/aromatic N) is 1. The third kappa shape index (κ3) is 5.55. The van der Waals surface area contributed by atoms with Crippen LogP contribution in [0.25, 0.3) is 0 Å². The molecule has 1 saturated heterocycles. The van der Waals surface area contributed by atoms with Crippen molar-refractivity contribution >= 4 is 11.6 Å². The molecule has 3 rings (SSSR count). The lowest BCUT2D eigenvalue weighted by atomic mass is 10.1.